The molecule has 15 heavy (non-hydrogen) atoms. The third kappa shape index (κ3) is 632. The van der Waals surface area contributed by atoms with E-state index in [1.807, 2.05) is 0 Å². The van der Waals surface area contributed by atoms with Gasteiger partial charge in [0, 0.05) is 0 Å². The summed E-state index contributed by atoms with van der Waals surface area (Å²) < 4.78 is 31.2. The van der Waals surface area contributed by atoms with Crippen molar-refractivity contribution < 1.29 is 62.5 Å². The average molecular weight is 531 g/mol. The first-order valence-electron chi connectivity index (χ1n) is 1.73. The van der Waals surface area contributed by atoms with Crippen LogP contribution in [-0.2, 0) is 24.7 Å². The van der Waals surface area contributed by atoms with E-state index in [4.69, 9.17) is 46.9 Å². The van der Waals surface area contributed by atoms with E-state index in [2.05, 4.69) is 0 Å². The van der Waals surface area contributed by atoms with Gasteiger partial charge in [-0.05, 0) is 0 Å². The van der Waals surface area contributed by atoms with E-state index in [1.165, 1.54) is 0 Å². The molecule has 0 unspecified atom stereocenters. The van der Waals surface area contributed by atoms with Crippen LogP contribution >= 0.6 is 15.6 Å². The van der Waals surface area contributed by atoms with Crippen LogP contribution in [0.25, 0.3) is 0 Å². The third-order valence-electron chi connectivity index (χ3n) is 0. The van der Waals surface area contributed by atoms with Crippen molar-refractivity contribution in [1.82, 2.24) is 0 Å². The average Bonchev–Trinajstić information content (AvgIpc) is 1.52. The van der Waals surface area contributed by atoms with Crippen LogP contribution < -0.4 is 29.4 Å². The largest absolute Gasteiger partial charge is 3.00 e. The maximum atomic E-state index is 8.55. The second-order valence-electron chi connectivity index (χ2n) is 0.955. The van der Waals surface area contributed by atoms with Gasteiger partial charge in [-0.15, -0.1) is 0 Å². The first kappa shape index (κ1) is 30.4. The minimum absolute atomic E-state index is 0. The molecule has 0 saturated carbocycles. The van der Waals surface area contributed by atoms with Crippen molar-refractivity contribution in [3.8, 4) is 0 Å². The Hall–Kier alpha value is 2.30. The smallest absolute Gasteiger partial charge is 3.00 e. The van der Waals surface area contributed by atoms with E-state index < -0.39 is 15.6 Å². The molecule has 0 spiro atoms. The number of rotatable bonds is 0. The molecule has 4 radical (unpaired) electrons. The molecule has 0 saturated heterocycles. The van der Waals surface area contributed by atoms with Crippen molar-refractivity contribution in [3.05, 3.63) is 0 Å². The van der Waals surface area contributed by atoms with E-state index in [9.17, 15) is 0 Å². The first-order valence-corrected chi connectivity index (χ1v) is 5.49. The third-order valence-corrected chi connectivity index (χ3v) is 0. The molecule has 0 aliphatic carbocycles. The summed E-state index contributed by atoms with van der Waals surface area (Å²) in [5.41, 5.74) is 0. The summed E-state index contributed by atoms with van der Waals surface area (Å²) in [6.45, 7) is 0. The zero-order valence-electron chi connectivity index (χ0n) is 6.25. The Morgan fingerprint density at radius 3 is 0.733 bits per heavy atom. The molecule has 0 aliphatic heterocycles. The van der Waals surface area contributed by atoms with Gasteiger partial charge >= 0.3 is 72.8 Å². The normalized spacial score (nSPS) is 9.33. The molecule has 0 rings (SSSR count). The van der Waals surface area contributed by atoms with Gasteiger partial charge in [0.05, 0.1) is 0 Å². The minimum atomic E-state index is -5.39. The van der Waals surface area contributed by atoms with Crippen LogP contribution in [0.3, 0.4) is 0 Å². The fourth-order valence-corrected chi connectivity index (χ4v) is 0. The van der Waals surface area contributed by atoms with Crippen LogP contribution in [0.2, 0.25) is 0 Å². The molecule has 0 aromatic heterocycles. The Kier molecular flexibility index (Phi) is 33.0. The summed E-state index contributed by atoms with van der Waals surface area (Å²) in [7, 11) is -10.8. The number of hydrogen-bond acceptors (Lipinski definition) is 10. The molecule has 0 atom stereocenters. The predicted octanol–water partition coefficient (Wildman–Crippen LogP) is -7.53. The van der Waals surface area contributed by atoms with E-state index in [0.29, 0.717) is 0 Å². The molecule has 0 aliphatic rings. The standard InChI is InChI=1S/Cu.2H3O4P.2H2O.2Sb/c;2*1-5(2,3)4;;;;/h;2*(H3,1,2,3,4);2*1H2;;/q+2;;;;;2*+3/p-8. The fraction of sp³-hybridized carbons (Fsp3) is 0. The molecule has 0 amide bonds. The van der Waals surface area contributed by atoms with Gasteiger partial charge in [-0.25, -0.2) is 0 Å². The van der Waals surface area contributed by atoms with Crippen LogP contribution in [0.15, 0.2) is 0 Å². The summed E-state index contributed by atoms with van der Waals surface area (Å²) in [6, 6.07) is 0. The topological polar surface area (TPSA) is 213 Å². The van der Waals surface area contributed by atoms with Gasteiger partial charge < -0.3 is 38.5 Å². The molecule has 0 heterocycles. The SMILES string of the molecule is O=P([O-])([O-])[O-].O=P([O-])([O-])[O-].[OH][Cu][OH].[Sb+3].[Sb+3]. The maximum Gasteiger partial charge on any atom is 3.00 e. The zero-order chi connectivity index (χ0) is 11.7. The maximum absolute atomic E-state index is 8.55. The van der Waals surface area contributed by atoms with Crippen LogP contribution in [0.1, 0.15) is 0 Å². The monoisotopic (exact) mass is 529 g/mol. The van der Waals surface area contributed by atoms with Crippen molar-refractivity contribution in [1.29, 1.82) is 0 Å². The van der Waals surface area contributed by atoms with Crippen LogP contribution in [0.5, 0.6) is 0 Å². The van der Waals surface area contributed by atoms with Gasteiger partial charge in [-0.3, -0.25) is 0 Å². The van der Waals surface area contributed by atoms with E-state index in [0.717, 1.165) is 0 Å². The number of phosphoric acid groups is 2. The number of hydrogen-bond donors (Lipinski definition) is 2. The quantitative estimate of drug-likeness (QED) is 0.223. The summed E-state index contributed by atoms with van der Waals surface area (Å²) >= 11 is -0.188. The zero-order valence-corrected chi connectivity index (χ0v) is 14.1. The second-order valence-corrected chi connectivity index (χ2v) is 2.93. The minimum Gasteiger partial charge on any atom is 3.00 e. The molecule has 0 aromatic rings. The fourth-order valence-electron chi connectivity index (χ4n) is 0. The van der Waals surface area contributed by atoms with Crippen molar-refractivity contribution in [3.63, 3.8) is 0 Å². The van der Waals surface area contributed by atoms with Crippen molar-refractivity contribution >= 4 is 64.5 Å². The van der Waals surface area contributed by atoms with Gasteiger partial charge in [0.2, 0.25) is 0 Å². The van der Waals surface area contributed by atoms with Crippen molar-refractivity contribution in [2.75, 3.05) is 0 Å². The second kappa shape index (κ2) is 16.3. The van der Waals surface area contributed by atoms with Gasteiger partial charge in [-0.1, -0.05) is 0 Å². The van der Waals surface area contributed by atoms with E-state index in [-0.39, 0.29) is 64.5 Å². The summed E-state index contributed by atoms with van der Waals surface area (Å²) in [6.07, 6.45) is 0. The summed E-state index contributed by atoms with van der Waals surface area (Å²) in [5.74, 6) is 0. The Morgan fingerprint density at radius 1 is 0.733 bits per heavy atom. The van der Waals surface area contributed by atoms with Gasteiger partial charge in [-0.2, -0.15) is 15.6 Å². The van der Waals surface area contributed by atoms with Crippen LogP contribution in [-0.4, -0.2) is 57.2 Å². The van der Waals surface area contributed by atoms with Gasteiger partial charge in [0.15, 0.2) is 0 Å². The molecule has 10 nitrogen and oxygen atoms in total. The van der Waals surface area contributed by atoms with E-state index in [1.54, 1.807) is 0 Å². The van der Waals surface area contributed by atoms with Crippen molar-refractivity contribution in [2.45, 2.75) is 0 Å². The molecule has 0 bridgehead atoms. The molecular weight excluding hydrogens is 529 g/mol. The molecule has 15 heteroatoms. The van der Waals surface area contributed by atoms with Crippen LogP contribution in [0.4, 0.5) is 0 Å². The Morgan fingerprint density at radius 2 is 0.733 bits per heavy atom. The molecule has 2 N–H and O–H groups in total. The predicted molar refractivity (Wildman–Crippen MR) is 31.2 cm³/mol. The molecule has 0 aromatic carbocycles. The molecule has 0 fully saturated rings. The molecule has 93 valence electrons. The molecular formula is H2CuO10P2Sb2. The Balaban J connectivity index is -0.0000000322. The first-order chi connectivity index (χ1) is 5.41. The van der Waals surface area contributed by atoms with Crippen LogP contribution in [0, 0.1) is 0 Å². The summed E-state index contributed by atoms with van der Waals surface area (Å²) in [4.78, 5) is 51.3. The Bertz CT molecular complexity index is 145. The van der Waals surface area contributed by atoms with Crippen molar-refractivity contribution in [2.24, 2.45) is 0 Å². The van der Waals surface area contributed by atoms with Gasteiger partial charge in [0.25, 0.3) is 0 Å². The summed E-state index contributed by atoms with van der Waals surface area (Å²) in [5, 5.41) is 0. The van der Waals surface area contributed by atoms with E-state index >= 15 is 0 Å². The Labute approximate surface area is 126 Å². The van der Waals surface area contributed by atoms with Gasteiger partial charge in [0.1, 0.15) is 0 Å².